The highest BCUT2D eigenvalue weighted by Gasteiger charge is 2.30. The number of aromatic nitrogens is 4. The van der Waals surface area contributed by atoms with Gasteiger partial charge in [-0.15, -0.1) is 12.4 Å². The zero-order chi connectivity index (χ0) is 17.9. The van der Waals surface area contributed by atoms with E-state index in [2.05, 4.69) is 20.4 Å². The maximum Gasteiger partial charge on any atom is 0.238 e. The van der Waals surface area contributed by atoms with Crippen molar-refractivity contribution in [3.05, 3.63) is 42.5 Å². The Morgan fingerprint density at radius 3 is 3.07 bits per heavy atom. The second-order valence-corrected chi connectivity index (χ2v) is 6.19. The predicted octanol–water partition coefficient (Wildman–Crippen LogP) is 1.59. The number of hydrogen-bond donors (Lipinski definition) is 1. The van der Waals surface area contributed by atoms with Crippen LogP contribution in [0.1, 0.15) is 24.2 Å². The summed E-state index contributed by atoms with van der Waals surface area (Å²) in [6, 6.07) is 3.45. The molecule has 9 nitrogen and oxygen atoms in total. The molecule has 1 fully saturated rings. The summed E-state index contributed by atoms with van der Waals surface area (Å²) in [7, 11) is 1.94. The monoisotopic (exact) mass is 392 g/mol. The van der Waals surface area contributed by atoms with E-state index in [1.54, 1.807) is 24.6 Å². The maximum absolute atomic E-state index is 12.8. The minimum atomic E-state index is -0.0717. The number of amides is 1. The van der Waals surface area contributed by atoms with E-state index in [0.717, 1.165) is 12.4 Å². The molecule has 0 bridgehead atoms. The minimum Gasteiger partial charge on any atom is -0.461 e. The van der Waals surface area contributed by atoms with Crippen LogP contribution in [0.25, 0.3) is 11.6 Å². The van der Waals surface area contributed by atoms with Gasteiger partial charge in [0.15, 0.2) is 5.76 Å². The summed E-state index contributed by atoms with van der Waals surface area (Å²) in [5.41, 5.74) is 0. The fraction of sp³-hybridized carbons (Fsp3) is 0.412. The number of carbonyl (C=O) groups is 1. The first-order chi connectivity index (χ1) is 12.7. The van der Waals surface area contributed by atoms with Crippen molar-refractivity contribution in [3.63, 3.8) is 0 Å². The molecule has 0 radical (unpaired) electrons. The lowest BCUT2D eigenvalue weighted by molar-refractivity contribution is -0.134. The molecule has 0 aromatic carbocycles. The fourth-order valence-electron chi connectivity index (χ4n) is 3.15. The molecule has 1 unspecified atom stereocenters. The molecule has 3 aromatic rings. The molecule has 0 spiro atoms. The summed E-state index contributed by atoms with van der Waals surface area (Å²) in [5.74, 6) is 2.29. The fourth-order valence-corrected chi connectivity index (χ4v) is 3.15. The lowest BCUT2D eigenvalue weighted by atomic mass is 10.1. The van der Waals surface area contributed by atoms with E-state index in [1.807, 2.05) is 22.7 Å². The lowest BCUT2D eigenvalue weighted by Crippen LogP contribution is -2.49. The van der Waals surface area contributed by atoms with Gasteiger partial charge < -0.3 is 23.7 Å². The molecule has 1 saturated heterocycles. The number of carbonyl (C=O) groups excluding carboxylic acids is 1. The molecule has 144 valence electrons. The molecule has 1 aliphatic rings. The molecular formula is C17H21ClN6O3. The van der Waals surface area contributed by atoms with Gasteiger partial charge >= 0.3 is 0 Å². The Bertz CT molecular complexity index is 875. The van der Waals surface area contributed by atoms with Gasteiger partial charge in [-0.25, -0.2) is 4.98 Å². The smallest absolute Gasteiger partial charge is 0.238 e. The summed E-state index contributed by atoms with van der Waals surface area (Å²) in [6.45, 7) is 2.12. The van der Waals surface area contributed by atoms with Gasteiger partial charge in [0.05, 0.1) is 6.26 Å². The zero-order valence-corrected chi connectivity index (χ0v) is 15.7. The Labute approximate surface area is 162 Å². The Kier molecular flexibility index (Phi) is 5.92. The first kappa shape index (κ1) is 19.1. The molecule has 0 saturated carbocycles. The number of halogens is 1. The molecule has 0 aliphatic carbocycles. The minimum absolute atomic E-state index is 0. The summed E-state index contributed by atoms with van der Waals surface area (Å²) >= 11 is 0. The number of imidazole rings is 1. The normalized spacial score (nSPS) is 16.9. The van der Waals surface area contributed by atoms with Crippen LogP contribution in [0.3, 0.4) is 0 Å². The average molecular weight is 393 g/mol. The van der Waals surface area contributed by atoms with E-state index >= 15 is 0 Å². The van der Waals surface area contributed by atoms with Gasteiger partial charge in [-0.3, -0.25) is 4.79 Å². The van der Waals surface area contributed by atoms with E-state index in [-0.39, 0.29) is 24.4 Å². The van der Waals surface area contributed by atoms with E-state index < -0.39 is 0 Å². The number of aryl methyl sites for hydroxylation is 2. The van der Waals surface area contributed by atoms with Gasteiger partial charge in [-0.1, -0.05) is 5.16 Å². The van der Waals surface area contributed by atoms with Crippen molar-refractivity contribution >= 4 is 18.3 Å². The number of rotatable bonds is 5. The topological polar surface area (TPSA) is 102 Å². The van der Waals surface area contributed by atoms with E-state index in [0.29, 0.717) is 43.4 Å². The standard InChI is InChI=1S/C17H20N6O3.ClH/c1-22-8-7-19-17(22)12-11-18-6-9-23(12)15(24)5-4-14-20-16(21-26-14)13-3-2-10-25-13;/h2-3,7-8,10,12,18H,4-6,9,11H2,1H3;1H. The molecule has 1 aliphatic heterocycles. The third kappa shape index (κ3) is 4.04. The third-order valence-electron chi connectivity index (χ3n) is 4.48. The van der Waals surface area contributed by atoms with Gasteiger partial charge in [0.2, 0.25) is 17.6 Å². The van der Waals surface area contributed by atoms with Crippen LogP contribution in [-0.2, 0) is 18.3 Å². The first-order valence-electron chi connectivity index (χ1n) is 8.56. The maximum atomic E-state index is 12.8. The third-order valence-corrected chi connectivity index (χ3v) is 4.48. The van der Waals surface area contributed by atoms with Crippen LogP contribution in [-0.4, -0.2) is 50.1 Å². The first-order valence-corrected chi connectivity index (χ1v) is 8.56. The summed E-state index contributed by atoms with van der Waals surface area (Å²) in [4.78, 5) is 23.3. The molecule has 4 heterocycles. The average Bonchev–Trinajstić information content (AvgIpc) is 3.41. The van der Waals surface area contributed by atoms with Crippen molar-refractivity contribution < 1.29 is 13.7 Å². The number of nitrogens with one attached hydrogen (secondary N) is 1. The second-order valence-electron chi connectivity index (χ2n) is 6.19. The van der Waals surface area contributed by atoms with Crippen molar-refractivity contribution in [1.82, 2.24) is 29.9 Å². The molecule has 4 rings (SSSR count). The van der Waals surface area contributed by atoms with Crippen molar-refractivity contribution in [1.29, 1.82) is 0 Å². The van der Waals surface area contributed by atoms with Crippen LogP contribution < -0.4 is 5.32 Å². The van der Waals surface area contributed by atoms with E-state index in [1.165, 1.54) is 0 Å². The van der Waals surface area contributed by atoms with Crippen LogP contribution in [0.5, 0.6) is 0 Å². The summed E-state index contributed by atoms with van der Waals surface area (Å²) in [5, 5.41) is 7.22. The van der Waals surface area contributed by atoms with E-state index in [9.17, 15) is 4.79 Å². The van der Waals surface area contributed by atoms with Crippen molar-refractivity contribution in [3.8, 4) is 11.6 Å². The molecule has 10 heteroatoms. The molecule has 27 heavy (non-hydrogen) atoms. The van der Waals surface area contributed by atoms with Crippen molar-refractivity contribution in [2.75, 3.05) is 19.6 Å². The zero-order valence-electron chi connectivity index (χ0n) is 14.9. The molecular weight excluding hydrogens is 372 g/mol. The van der Waals surface area contributed by atoms with Gasteiger partial charge in [0.25, 0.3) is 0 Å². The van der Waals surface area contributed by atoms with Gasteiger partial charge in [-0.05, 0) is 12.1 Å². The predicted molar refractivity (Wildman–Crippen MR) is 98.1 cm³/mol. The lowest BCUT2D eigenvalue weighted by Gasteiger charge is -2.35. The van der Waals surface area contributed by atoms with Crippen LogP contribution in [0.15, 0.2) is 39.7 Å². The van der Waals surface area contributed by atoms with E-state index in [4.69, 9.17) is 8.94 Å². The van der Waals surface area contributed by atoms with Crippen molar-refractivity contribution in [2.45, 2.75) is 18.9 Å². The highest BCUT2D eigenvalue weighted by Crippen LogP contribution is 2.22. The number of nitrogens with zero attached hydrogens (tertiary/aromatic N) is 5. The second kappa shape index (κ2) is 8.36. The quantitative estimate of drug-likeness (QED) is 0.703. The van der Waals surface area contributed by atoms with Gasteiger partial charge in [0.1, 0.15) is 11.9 Å². The largest absolute Gasteiger partial charge is 0.461 e. The highest BCUT2D eigenvalue weighted by atomic mass is 35.5. The Hall–Kier alpha value is -2.65. The number of furan rings is 1. The Morgan fingerprint density at radius 2 is 2.33 bits per heavy atom. The van der Waals surface area contributed by atoms with Crippen LogP contribution >= 0.6 is 12.4 Å². The van der Waals surface area contributed by atoms with Gasteiger partial charge in [-0.2, -0.15) is 4.98 Å². The number of piperazine rings is 1. The molecule has 1 atom stereocenters. The Morgan fingerprint density at radius 1 is 1.44 bits per heavy atom. The number of hydrogen-bond acceptors (Lipinski definition) is 7. The van der Waals surface area contributed by atoms with Crippen LogP contribution in [0, 0.1) is 0 Å². The SMILES string of the molecule is Cl.Cn1ccnc1C1CNCCN1C(=O)CCc1nc(-c2ccco2)no1. The van der Waals surface area contributed by atoms with Crippen molar-refractivity contribution in [2.24, 2.45) is 7.05 Å². The van der Waals surface area contributed by atoms with Crippen LogP contribution in [0.2, 0.25) is 0 Å². The molecule has 1 amide bonds. The van der Waals surface area contributed by atoms with Crippen LogP contribution in [0.4, 0.5) is 0 Å². The molecule has 3 aromatic heterocycles. The molecule has 1 N–H and O–H groups in total. The summed E-state index contributed by atoms with van der Waals surface area (Å²) in [6.07, 6.45) is 5.89. The summed E-state index contributed by atoms with van der Waals surface area (Å²) < 4.78 is 12.4. The van der Waals surface area contributed by atoms with Gasteiger partial charge in [0, 0.05) is 51.9 Å². The highest BCUT2D eigenvalue weighted by molar-refractivity contribution is 5.85. The Balaban J connectivity index is 0.00000210.